The van der Waals surface area contributed by atoms with Crippen molar-refractivity contribution in [2.75, 3.05) is 125 Å². The van der Waals surface area contributed by atoms with E-state index in [2.05, 4.69) is 34.9 Å². The van der Waals surface area contributed by atoms with E-state index in [0.717, 1.165) is 0 Å². The molecule has 0 atom stereocenters. The van der Waals surface area contributed by atoms with Gasteiger partial charge < -0.3 is 58.4 Å². The third kappa shape index (κ3) is 19.8. The normalized spacial score (nSPS) is 12.0. The highest BCUT2D eigenvalue weighted by Crippen LogP contribution is 2.44. The number of hydrogen-bond acceptors (Lipinski definition) is 12. The number of carbonyl (C=O) groups is 3. The van der Waals surface area contributed by atoms with E-state index in [1.165, 1.54) is 22.3 Å². The third-order valence-electron chi connectivity index (χ3n) is 7.82. The van der Waals surface area contributed by atoms with Crippen LogP contribution in [0.25, 0.3) is 11.1 Å². The van der Waals surface area contributed by atoms with Crippen LogP contribution in [-0.2, 0) is 52.2 Å². The van der Waals surface area contributed by atoms with Crippen LogP contribution in [0.1, 0.15) is 36.3 Å². The molecule has 0 heterocycles. The predicted octanol–water partition coefficient (Wildman–Crippen LogP) is 3.03. The molecule has 0 saturated carbocycles. The number of carboxylic acids is 1. The van der Waals surface area contributed by atoms with E-state index >= 15 is 0 Å². The topological polar surface area (TPSA) is 179 Å². The molecule has 0 spiro atoms. The Kier molecular flexibility index (Phi) is 23.8. The Morgan fingerprint density at radius 1 is 0.509 bits per heavy atom. The molecule has 2 amide bonds. The predicted molar refractivity (Wildman–Crippen MR) is 194 cm³/mol. The average Bonchev–Trinajstić information content (AvgIpc) is 3.49. The number of hydrogen-bond donors (Lipinski definition) is 3. The summed E-state index contributed by atoms with van der Waals surface area (Å²) in [6.45, 7) is 8.26. The highest BCUT2D eigenvalue weighted by Gasteiger charge is 2.28. The molecular formula is C38H56N2O13. The summed E-state index contributed by atoms with van der Waals surface area (Å²) in [7, 11) is 0. The number of ether oxygens (including phenoxy) is 9. The van der Waals surface area contributed by atoms with Crippen LogP contribution in [0, 0.1) is 0 Å². The van der Waals surface area contributed by atoms with Crippen LogP contribution in [0.4, 0.5) is 4.79 Å². The van der Waals surface area contributed by atoms with Gasteiger partial charge in [0, 0.05) is 32.0 Å². The second-order valence-corrected chi connectivity index (χ2v) is 11.7. The maximum absolute atomic E-state index is 12.2. The lowest BCUT2D eigenvalue weighted by Crippen LogP contribution is -2.29. The number of alkyl carbamates (subject to hydrolysis) is 1. The fraction of sp³-hybridized carbons (Fsp3) is 0.605. The summed E-state index contributed by atoms with van der Waals surface area (Å²) < 4.78 is 49.3. The fourth-order valence-corrected chi connectivity index (χ4v) is 5.23. The van der Waals surface area contributed by atoms with Gasteiger partial charge in [-0.1, -0.05) is 48.5 Å². The smallest absolute Gasteiger partial charge is 0.407 e. The van der Waals surface area contributed by atoms with Crippen molar-refractivity contribution in [2.24, 2.45) is 0 Å². The first-order valence-corrected chi connectivity index (χ1v) is 18.3. The minimum Gasteiger partial charge on any atom is -0.481 e. The Labute approximate surface area is 311 Å². The van der Waals surface area contributed by atoms with E-state index in [9.17, 15) is 14.4 Å². The summed E-state index contributed by atoms with van der Waals surface area (Å²) in [6, 6.07) is 16.5. The molecule has 0 bridgehead atoms. The molecule has 2 aromatic rings. The molecule has 1 aliphatic rings. The molecule has 15 nitrogen and oxygen atoms in total. The van der Waals surface area contributed by atoms with Crippen molar-refractivity contribution in [1.82, 2.24) is 10.6 Å². The summed E-state index contributed by atoms with van der Waals surface area (Å²) in [5, 5.41) is 13.9. The first kappa shape index (κ1) is 43.7. The van der Waals surface area contributed by atoms with Crippen LogP contribution >= 0.6 is 0 Å². The van der Waals surface area contributed by atoms with Gasteiger partial charge in [0.15, 0.2) is 0 Å². The lowest BCUT2D eigenvalue weighted by atomic mass is 9.98. The van der Waals surface area contributed by atoms with Gasteiger partial charge in [-0.25, -0.2) is 4.79 Å². The summed E-state index contributed by atoms with van der Waals surface area (Å²) in [6.07, 6.45) is 0.00298. The van der Waals surface area contributed by atoms with Crippen molar-refractivity contribution in [3.8, 4) is 11.1 Å². The quantitative estimate of drug-likeness (QED) is 0.0909. The second-order valence-electron chi connectivity index (χ2n) is 11.7. The zero-order chi connectivity index (χ0) is 37.6. The molecule has 0 saturated heterocycles. The third-order valence-corrected chi connectivity index (χ3v) is 7.82. The first-order chi connectivity index (χ1) is 26.1. The Morgan fingerprint density at radius 2 is 0.925 bits per heavy atom. The summed E-state index contributed by atoms with van der Waals surface area (Å²) in [5.41, 5.74) is 4.75. The highest BCUT2D eigenvalue weighted by atomic mass is 16.6. The van der Waals surface area contributed by atoms with Crippen molar-refractivity contribution in [2.45, 2.75) is 25.2 Å². The van der Waals surface area contributed by atoms with Crippen molar-refractivity contribution >= 4 is 18.0 Å². The van der Waals surface area contributed by atoms with Gasteiger partial charge >= 0.3 is 12.1 Å². The molecule has 15 heteroatoms. The van der Waals surface area contributed by atoms with Crippen molar-refractivity contribution in [3.05, 3.63) is 59.7 Å². The van der Waals surface area contributed by atoms with E-state index in [4.69, 9.17) is 47.7 Å². The van der Waals surface area contributed by atoms with Gasteiger partial charge in [-0.3, -0.25) is 9.59 Å². The van der Waals surface area contributed by atoms with Gasteiger partial charge in [-0.05, 0) is 28.7 Å². The van der Waals surface area contributed by atoms with Gasteiger partial charge in [0.25, 0.3) is 0 Å². The maximum Gasteiger partial charge on any atom is 0.407 e. The van der Waals surface area contributed by atoms with E-state index < -0.39 is 12.1 Å². The van der Waals surface area contributed by atoms with E-state index in [0.29, 0.717) is 125 Å². The Morgan fingerprint density at radius 3 is 1.38 bits per heavy atom. The first-order valence-electron chi connectivity index (χ1n) is 18.3. The minimum atomic E-state index is -0.986. The van der Waals surface area contributed by atoms with E-state index in [1.807, 2.05) is 24.3 Å². The second kappa shape index (κ2) is 28.8. The van der Waals surface area contributed by atoms with E-state index in [-0.39, 0.29) is 31.3 Å². The van der Waals surface area contributed by atoms with Crippen LogP contribution in [0.3, 0.4) is 0 Å². The summed E-state index contributed by atoms with van der Waals surface area (Å²) in [4.78, 5) is 34.0. The molecule has 1 aliphatic carbocycles. The number of aliphatic carboxylic acids is 1. The molecular weight excluding hydrogens is 692 g/mol. The lowest BCUT2D eigenvalue weighted by molar-refractivity contribution is -0.138. The summed E-state index contributed by atoms with van der Waals surface area (Å²) in [5.74, 6) is -1.23. The zero-order valence-corrected chi connectivity index (χ0v) is 30.6. The number of carboxylic acid groups (broad SMARTS) is 1. The van der Waals surface area contributed by atoms with Gasteiger partial charge in [-0.15, -0.1) is 0 Å². The molecule has 0 aliphatic heterocycles. The van der Waals surface area contributed by atoms with E-state index in [1.54, 1.807) is 0 Å². The van der Waals surface area contributed by atoms with Crippen molar-refractivity contribution < 1.29 is 62.1 Å². The zero-order valence-electron chi connectivity index (χ0n) is 30.6. The van der Waals surface area contributed by atoms with Crippen LogP contribution in [0.2, 0.25) is 0 Å². The number of nitrogens with one attached hydrogen (secondary N) is 2. The Hall–Kier alpha value is -3.67. The average molecular weight is 749 g/mol. The monoisotopic (exact) mass is 748 g/mol. The van der Waals surface area contributed by atoms with Crippen LogP contribution in [-0.4, -0.2) is 148 Å². The van der Waals surface area contributed by atoms with Crippen molar-refractivity contribution in [1.29, 1.82) is 0 Å². The van der Waals surface area contributed by atoms with Crippen molar-refractivity contribution in [3.63, 3.8) is 0 Å². The maximum atomic E-state index is 12.2. The fourth-order valence-electron chi connectivity index (χ4n) is 5.23. The van der Waals surface area contributed by atoms with Gasteiger partial charge in [-0.2, -0.15) is 0 Å². The van der Waals surface area contributed by atoms with Crippen LogP contribution < -0.4 is 10.6 Å². The molecule has 0 radical (unpaired) electrons. The van der Waals surface area contributed by atoms with Gasteiger partial charge in [0.2, 0.25) is 5.91 Å². The molecule has 0 fully saturated rings. The molecule has 0 unspecified atom stereocenters. The number of fused-ring (bicyclic) bond motifs is 3. The highest BCUT2D eigenvalue weighted by molar-refractivity contribution is 5.80. The largest absolute Gasteiger partial charge is 0.481 e. The standard InChI is InChI=1S/C38H56N2O13/c41-36(10-11-37(42)43)39-12-5-14-45-16-18-47-20-22-49-24-26-51-28-29-52-27-25-50-23-21-48-19-17-46-15-13-40-38(44)53-30-35-33-8-3-1-6-31(33)32-7-2-4-9-34(32)35/h1-4,6-9,35H,5,10-30H2,(H,39,41)(H,40,44)(H,42,43). The number of rotatable bonds is 33. The number of carbonyl (C=O) groups excluding carboxylic acids is 2. The molecule has 3 rings (SSSR count). The van der Waals surface area contributed by atoms with Gasteiger partial charge in [0.05, 0.1) is 106 Å². The SMILES string of the molecule is O=C(O)CCC(=O)NCCCOCCOCCOCCOCCOCCOCCOCCOCCNC(=O)OCC1c2ccccc2-c2ccccc21. The molecule has 0 aromatic heterocycles. The molecule has 296 valence electrons. The molecule has 3 N–H and O–H groups in total. The number of amides is 2. The minimum absolute atomic E-state index is 0.0145. The van der Waals surface area contributed by atoms with Crippen LogP contribution in [0.5, 0.6) is 0 Å². The lowest BCUT2D eigenvalue weighted by Gasteiger charge is -2.14. The Balaban J connectivity index is 0.964. The van der Waals surface area contributed by atoms with Gasteiger partial charge in [0.1, 0.15) is 6.61 Å². The molecule has 53 heavy (non-hydrogen) atoms. The van der Waals surface area contributed by atoms with Crippen LogP contribution in [0.15, 0.2) is 48.5 Å². The number of benzene rings is 2. The summed E-state index contributed by atoms with van der Waals surface area (Å²) >= 11 is 0. The Bertz CT molecular complexity index is 1250. The molecule has 2 aromatic carbocycles.